The zero-order chi connectivity index (χ0) is 18.1. The number of halogens is 1. The summed E-state index contributed by atoms with van der Waals surface area (Å²) in [7, 11) is 0. The number of carbonyl (C=O) groups is 1. The van der Waals surface area contributed by atoms with Crippen LogP contribution in [-0.4, -0.2) is 46.2 Å². The number of ether oxygens (including phenoxy) is 1. The fraction of sp³-hybridized carbons (Fsp3) is 0.294. The molecule has 9 heteroatoms. The molecule has 4 rings (SSSR count). The number of aromatic nitrogens is 2. The minimum absolute atomic E-state index is 0.101. The highest BCUT2D eigenvalue weighted by Crippen LogP contribution is 2.24. The molecule has 2 atom stereocenters. The molecular weight excluding hydrogens is 341 g/mol. The maximum Gasteiger partial charge on any atom is 0.256 e. The van der Waals surface area contributed by atoms with Crippen LogP contribution in [0.25, 0.3) is 6.20 Å². The maximum absolute atomic E-state index is 13.7. The summed E-state index contributed by atoms with van der Waals surface area (Å²) in [4.78, 5) is 12.5. The molecule has 0 spiro atoms. The van der Waals surface area contributed by atoms with Crippen LogP contribution in [0.4, 0.5) is 10.2 Å². The summed E-state index contributed by atoms with van der Waals surface area (Å²) in [6, 6.07) is 4.21. The van der Waals surface area contributed by atoms with Gasteiger partial charge in [0, 0.05) is 18.3 Å². The molecule has 4 N–H and O–H groups in total. The van der Waals surface area contributed by atoms with Gasteiger partial charge in [0.25, 0.3) is 5.91 Å². The second-order valence-corrected chi connectivity index (χ2v) is 6.08. The Hall–Kier alpha value is -2.91. The minimum atomic E-state index is -0.658. The van der Waals surface area contributed by atoms with E-state index < -0.39 is 6.10 Å². The lowest BCUT2D eigenvalue weighted by Gasteiger charge is -2.23. The summed E-state index contributed by atoms with van der Waals surface area (Å²) < 4.78 is 21.0. The normalized spacial score (nSPS) is 22.0. The first-order chi connectivity index (χ1) is 12.6. The second kappa shape index (κ2) is 6.77. The molecule has 136 valence electrons. The van der Waals surface area contributed by atoms with E-state index in [0.29, 0.717) is 29.2 Å². The molecule has 1 aromatic carbocycles. The fourth-order valence-corrected chi connectivity index (χ4v) is 2.91. The third-order valence-electron chi connectivity index (χ3n) is 4.27. The Balaban J connectivity index is 1.69. The van der Waals surface area contributed by atoms with Crippen molar-refractivity contribution in [3.8, 4) is 5.75 Å². The molecule has 0 saturated carbocycles. The Morgan fingerprint density at radius 3 is 3.15 bits per heavy atom. The summed E-state index contributed by atoms with van der Waals surface area (Å²) in [5.41, 5.74) is 1.00. The monoisotopic (exact) mass is 359 g/mol. The number of benzene rings is 1. The molecule has 0 fully saturated rings. The zero-order valence-electron chi connectivity index (χ0n) is 13.8. The van der Waals surface area contributed by atoms with Crippen molar-refractivity contribution < 1.29 is 19.0 Å². The smallest absolute Gasteiger partial charge is 0.256 e. The van der Waals surface area contributed by atoms with Crippen LogP contribution in [0.3, 0.4) is 0 Å². The highest BCUT2D eigenvalue weighted by Gasteiger charge is 2.24. The van der Waals surface area contributed by atoms with E-state index in [1.807, 2.05) is 6.08 Å². The molecule has 0 aliphatic carbocycles. The summed E-state index contributed by atoms with van der Waals surface area (Å²) in [6.45, 7) is 0.140. The summed E-state index contributed by atoms with van der Waals surface area (Å²) in [5, 5.41) is 22.9. The predicted molar refractivity (Wildman–Crippen MR) is 92.0 cm³/mol. The van der Waals surface area contributed by atoms with Crippen molar-refractivity contribution in [1.82, 2.24) is 20.4 Å². The summed E-state index contributed by atoms with van der Waals surface area (Å²) in [5.74, 6) is 0.311. The SMILES string of the molecule is O=C1NCC(CO)Oc2ccc(F)cc2CNC2C=Cn3ncc1c3N2. The van der Waals surface area contributed by atoms with E-state index in [2.05, 4.69) is 21.0 Å². The Kier molecular flexibility index (Phi) is 4.31. The van der Waals surface area contributed by atoms with E-state index in [1.165, 1.54) is 24.4 Å². The topological polar surface area (TPSA) is 100 Å². The Morgan fingerprint density at radius 2 is 2.31 bits per heavy atom. The molecule has 26 heavy (non-hydrogen) atoms. The molecule has 0 radical (unpaired) electrons. The van der Waals surface area contributed by atoms with Gasteiger partial charge in [0.05, 0.1) is 25.5 Å². The number of hydrogen-bond acceptors (Lipinski definition) is 6. The van der Waals surface area contributed by atoms with Gasteiger partial charge in [-0.15, -0.1) is 0 Å². The van der Waals surface area contributed by atoms with Crippen LogP contribution in [0, 0.1) is 5.82 Å². The van der Waals surface area contributed by atoms with Crippen LogP contribution in [0.2, 0.25) is 0 Å². The lowest BCUT2D eigenvalue weighted by atomic mass is 10.2. The molecule has 2 aliphatic rings. The number of rotatable bonds is 1. The number of hydrogen-bond donors (Lipinski definition) is 4. The average molecular weight is 359 g/mol. The molecule has 0 saturated heterocycles. The van der Waals surface area contributed by atoms with Gasteiger partial charge >= 0.3 is 0 Å². The highest BCUT2D eigenvalue weighted by molar-refractivity contribution is 5.99. The number of amides is 1. The number of nitrogens with zero attached hydrogens (tertiary/aromatic N) is 2. The van der Waals surface area contributed by atoms with Gasteiger partial charge in [-0.3, -0.25) is 10.1 Å². The van der Waals surface area contributed by atoms with Crippen LogP contribution in [0.1, 0.15) is 15.9 Å². The molecule has 3 heterocycles. The first-order valence-corrected chi connectivity index (χ1v) is 8.24. The molecule has 2 bridgehead atoms. The predicted octanol–water partition coefficient (Wildman–Crippen LogP) is 0.517. The van der Waals surface area contributed by atoms with Crippen LogP contribution in [-0.2, 0) is 6.54 Å². The largest absolute Gasteiger partial charge is 0.486 e. The Bertz CT molecular complexity index is 866. The first kappa shape index (κ1) is 16.6. The summed E-state index contributed by atoms with van der Waals surface area (Å²) >= 11 is 0. The molecule has 2 unspecified atom stereocenters. The van der Waals surface area contributed by atoms with Crippen molar-refractivity contribution in [2.75, 3.05) is 18.5 Å². The van der Waals surface area contributed by atoms with Gasteiger partial charge in [0.1, 0.15) is 29.1 Å². The van der Waals surface area contributed by atoms with Crippen LogP contribution in [0.5, 0.6) is 5.75 Å². The van der Waals surface area contributed by atoms with Crippen molar-refractivity contribution in [3.05, 3.63) is 47.4 Å². The van der Waals surface area contributed by atoms with E-state index in [1.54, 1.807) is 10.9 Å². The minimum Gasteiger partial charge on any atom is -0.486 e. The average Bonchev–Trinajstić information content (AvgIpc) is 3.07. The van der Waals surface area contributed by atoms with E-state index in [0.717, 1.165) is 0 Å². The Labute approximate surface area is 148 Å². The number of aliphatic hydroxyl groups excluding tert-OH is 1. The fourth-order valence-electron chi connectivity index (χ4n) is 2.91. The molecule has 2 aliphatic heterocycles. The summed E-state index contributed by atoms with van der Waals surface area (Å²) in [6.07, 6.45) is 4.14. The quantitative estimate of drug-likeness (QED) is 0.592. The lowest BCUT2D eigenvalue weighted by molar-refractivity contribution is 0.0869. The van der Waals surface area contributed by atoms with Crippen LogP contribution in [0.15, 0.2) is 30.5 Å². The number of fused-ring (bicyclic) bond motifs is 2. The van der Waals surface area contributed by atoms with Gasteiger partial charge in [-0.2, -0.15) is 5.10 Å². The van der Waals surface area contributed by atoms with Gasteiger partial charge in [-0.05, 0) is 24.3 Å². The van der Waals surface area contributed by atoms with Crippen molar-refractivity contribution in [3.63, 3.8) is 0 Å². The molecule has 1 aromatic heterocycles. The van der Waals surface area contributed by atoms with E-state index in [4.69, 9.17) is 4.74 Å². The van der Waals surface area contributed by atoms with Crippen molar-refractivity contribution in [2.24, 2.45) is 0 Å². The maximum atomic E-state index is 13.7. The van der Waals surface area contributed by atoms with Gasteiger partial charge in [-0.25, -0.2) is 9.07 Å². The van der Waals surface area contributed by atoms with E-state index in [9.17, 15) is 14.3 Å². The molecule has 1 amide bonds. The van der Waals surface area contributed by atoms with Gasteiger partial charge in [-0.1, -0.05) is 0 Å². The molecule has 2 aromatic rings. The second-order valence-electron chi connectivity index (χ2n) is 6.08. The van der Waals surface area contributed by atoms with Gasteiger partial charge in [0.15, 0.2) is 0 Å². The van der Waals surface area contributed by atoms with Crippen molar-refractivity contribution in [1.29, 1.82) is 0 Å². The van der Waals surface area contributed by atoms with E-state index >= 15 is 0 Å². The highest BCUT2D eigenvalue weighted by atomic mass is 19.1. The number of nitrogens with one attached hydrogen (secondary N) is 3. The third kappa shape index (κ3) is 3.14. The number of anilines is 1. The standard InChI is InChI=1S/C17H18FN5O3/c18-11-1-2-14-10(5-11)6-19-15-3-4-23-16(22-15)13(8-21-23)17(25)20-7-12(9-24)26-14/h1-5,8,12,15,19,22,24H,6-7,9H2,(H,20,25). The number of carbonyl (C=O) groups excluding carboxylic acids is 1. The van der Waals surface area contributed by atoms with Crippen LogP contribution >= 0.6 is 0 Å². The Morgan fingerprint density at radius 1 is 1.42 bits per heavy atom. The lowest BCUT2D eigenvalue weighted by Crippen LogP contribution is -2.38. The van der Waals surface area contributed by atoms with Gasteiger partial charge in [0.2, 0.25) is 0 Å². The molecular formula is C17H18FN5O3. The number of aliphatic hydroxyl groups is 1. The van der Waals surface area contributed by atoms with Gasteiger partial charge < -0.3 is 20.5 Å². The van der Waals surface area contributed by atoms with Crippen LogP contribution < -0.4 is 20.7 Å². The van der Waals surface area contributed by atoms with Crippen molar-refractivity contribution >= 4 is 17.9 Å². The van der Waals surface area contributed by atoms with Crippen molar-refractivity contribution in [2.45, 2.75) is 18.8 Å². The molecule has 8 nitrogen and oxygen atoms in total. The third-order valence-corrected chi connectivity index (χ3v) is 4.27. The zero-order valence-corrected chi connectivity index (χ0v) is 13.8. The van der Waals surface area contributed by atoms with E-state index in [-0.39, 0.29) is 31.0 Å². The first-order valence-electron chi connectivity index (χ1n) is 8.24.